The number of rotatable bonds is 3. The van der Waals surface area contributed by atoms with Gasteiger partial charge in [-0.3, -0.25) is 5.10 Å². The maximum Gasteiger partial charge on any atom is 0.374 e. The lowest BCUT2D eigenvalue weighted by Gasteiger charge is -2.11. The molecule has 0 fully saturated rings. The molecule has 2 aromatic rings. The van der Waals surface area contributed by atoms with Gasteiger partial charge in [-0.1, -0.05) is 0 Å². The maximum atomic E-state index is 13.3. The van der Waals surface area contributed by atoms with Crippen molar-refractivity contribution in [3.63, 3.8) is 0 Å². The summed E-state index contributed by atoms with van der Waals surface area (Å²) in [7, 11) is 0. The van der Waals surface area contributed by atoms with Gasteiger partial charge in [0, 0.05) is 6.42 Å². The molecule has 0 saturated heterocycles. The molecule has 5 nitrogen and oxygen atoms in total. The fourth-order valence-electron chi connectivity index (χ4n) is 2.46. The van der Waals surface area contributed by atoms with Gasteiger partial charge in [0.2, 0.25) is 5.76 Å². The molecule has 1 N–H and O–H groups in total. The normalized spacial score (nSPS) is 13.2. The van der Waals surface area contributed by atoms with E-state index in [1.165, 1.54) is 0 Å². The van der Waals surface area contributed by atoms with Crippen LogP contribution in [0.15, 0.2) is 10.6 Å². The fraction of sp³-hybridized carbons (Fsp3) is 0.385. The minimum absolute atomic E-state index is 0.0994. The number of esters is 1. The lowest BCUT2D eigenvalue weighted by molar-refractivity contribution is 0.0474. The molecule has 0 aromatic carbocycles. The van der Waals surface area contributed by atoms with Crippen LogP contribution in [0.25, 0.3) is 11.3 Å². The highest BCUT2D eigenvalue weighted by atomic mass is 19.3. The second-order valence-corrected chi connectivity index (χ2v) is 4.43. The molecule has 1 aliphatic rings. The first-order valence-corrected chi connectivity index (χ1v) is 6.26. The Labute approximate surface area is 112 Å². The number of nitrogens with one attached hydrogen (secondary N) is 1. The van der Waals surface area contributed by atoms with Crippen molar-refractivity contribution in [2.75, 3.05) is 6.61 Å². The van der Waals surface area contributed by atoms with Gasteiger partial charge in [-0.05, 0) is 18.9 Å². The summed E-state index contributed by atoms with van der Waals surface area (Å²) in [6.07, 6.45) is -0.126. The standard InChI is InChI=1S/C13H12F2N2O3/c1-2-19-13(18)11-9(12(14)15)8-7(20-11)4-3-6-5-16-17-10(6)8/h5,12H,2-4H2,1H3,(H,16,17). The summed E-state index contributed by atoms with van der Waals surface area (Å²) in [5.41, 5.74) is 1.18. The van der Waals surface area contributed by atoms with Crippen molar-refractivity contribution in [2.24, 2.45) is 0 Å². The average molecular weight is 282 g/mol. The van der Waals surface area contributed by atoms with Crippen molar-refractivity contribution < 1.29 is 22.7 Å². The summed E-state index contributed by atoms with van der Waals surface area (Å²) in [6.45, 7) is 1.71. The van der Waals surface area contributed by atoms with E-state index in [1.54, 1.807) is 13.1 Å². The second kappa shape index (κ2) is 4.73. The summed E-state index contributed by atoms with van der Waals surface area (Å²) in [5, 5.41) is 6.56. The molecule has 0 saturated carbocycles. The van der Waals surface area contributed by atoms with Gasteiger partial charge in [-0.25, -0.2) is 13.6 Å². The molecule has 20 heavy (non-hydrogen) atoms. The Morgan fingerprint density at radius 2 is 2.35 bits per heavy atom. The number of H-pyrrole nitrogens is 1. The summed E-state index contributed by atoms with van der Waals surface area (Å²) in [5.74, 6) is -0.896. The number of hydrogen-bond donors (Lipinski definition) is 1. The summed E-state index contributed by atoms with van der Waals surface area (Å²) in [4.78, 5) is 11.8. The van der Waals surface area contributed by atoms with Crippen LogP contribution >= 0.6 is 0 Å². The lowest BCUT2D eigenvalue weighted by Crippen LogP contribution is -2.07. The highest BCUT2D eigenvalue weighted by Gasteiger charge is 2.35. The zero-order valence-electron chi connectivity index (χ0n) is 10.7. The number of hydrogen-bond acceptors (Lipinski definition) is 4. The number of fused-ring (bicyclic) bond motifs is 3. The lowest BCUT2D eigenvalue weighted by atomic mass is 9.93. The fourth-order valence-corrected chi connectivity index (χ4v) is 2.46. The van der Waals surface area contributed by atoms with Crippen LogP contribution in [0.3, 0.4) is 0 Å². The zero-order chi connectivity index (χ0) is 14.3. The van der Waals surface area contributed by atoms with Crippen LogP contribution < -0.4 is 0 Å². The van der Waals surface area contributed by atoms with E-state index in [4.69, 9.17) is 9.15 Å². The molecule has 2 heterocycles. The van der Waals surface area contributed by atoms with E-state index in [1.807, 2.05) is 0 Å². The van der Waals surface area contributed by atoms with Crippen LogP contribution in [0, 0.1) is 0 Å². The molecule has 0 aliphatic heterocycles. The Kier molecular flexibility index (Phi) is 3.04. The van der Waals surface area contributed by atoms with Gasteiger partial charge in [-0.2, -0.15) is 5.10 Å². The van der Waals surface area contributed by atoms with Crippen molar-refractivity contribution >= 4 is 5.97 Å². The van der Waals surface area contributed by atoms with Crippen LogP contribution in [0.2, 0.25) is 0 Å². The SMILES string of the molecule is CCOC(=O)c1oc2c(c1C(F)F)-c1[nH]ncc1CC2. The third-order valence-corrected chi connectivity index (χ3v) is 3.29. The van der Waals surface area contributed by atoms with Gasteiger partial charge in [0.15, 0.2) is 0 Å². The molecule has 3 rings (SSSR count). The Hall–Kier alpha value is -2.18. The number of carbonyl (C=O) groups is 1. The molecule has 0 amide bonds. The molecule has 0 spiro atoms. The topological polar surface area (TPSA) is 68.1 Å². The molecule has 0 radical (unpaired) electrons. The minimum Gasteiger partial charge on any atom is -0.460 e. The molecular formula is C13H12F2N2O3. The molecule has 0 bridgehead atoms. The molecule has 0 unspecified atom stereocenters. The van der Waals surface area contributed by atoms with E-state index >= 15 is 0 Å². The number of aryl methyl sites for hydroxylation is 2. The smallest absolute Gasteiger partial charge is 0.374 e. The van der Waals surface area contributed by atoms with Crippen molar-refractivity contribution in [1.82, 2.24) is 10.2 Å². The van der Waals surface area contributed by atoms with Crippen LogP contribution in [0.5, 0.6) is 0 Å². The van der Waals surface area contributed by atoms with Gasteiger partial charge < -0.3 is 9.15 Å². The third-order valence-electron chi connectivity index (χ3n) is 3.29. The molecule has 1 aliphatic carbocycles. The monoisotopic (exact) mass is 282 g/mol. The quantitative estimate of drug-likeness (QED) is 0.879. The molecule has 7 heteroatoms. The van der Waals surface area contributed by atoms with Crippen molar-refractivity contribution in [3.05, 3.63) is 28.8 Å². The Morgan fingerprint density at radius 1 is 1.55 bits per heavy atom. The zero-order valence-corrected chi connectivity index (χ0v) is 10.7. The first-order valence-electron chi connectivity index (χ1n) is 6.26. The summed E-state index contributed by atoms with van der Waals surface area (Å²) in [6, 6.07) is 0. The Balaban J connectivity index is 2.19. The van der Waals surface area contributed by atoms with E-state index in [0.29, 0.717) is 24.3 Å². The molecular weight excluding hydrogens is 270 g/mol. The second-order valence-electron chi connectivity index (χ2n) is 4.43. The van der Waals surface area contributed by atoms with Gasteiger partial charge in [-0.15, -0.1) is 0 Å². The average Bonchev–Trinajstić information content (AvgIpc) is 3.01. The van der Waals surface area contributed by atoms with Crippen molar-refractivity contribution in [1.29, 1.82) is 0 Å². The Morgan fingerprint density at radius 3 is 3.05 bits per heavy atom. The van der Waals surface area contributed by atoms with Crippen LogP contribution in [0.1, 0.15) is 40.8 Å². The highest BCUT2D eigenvalue weighted by molar-refractivity contribution is 5.92. The van der Waals surface area contributed by atoms with E-state index in [2.05, 4.69) is 10.2 Å². The number of nitrogens with zero attached hydrogens (tertiary/aromatic N) is 1. The van der Waals surface area contributed by atoms with E-state index in [0.717, 1.165) is 5.56 Å². The number of halogens is 2. The predicted octanol–water partition coefficient (Wildman–Crippen LogP) is 2.88. The summed E-state index contributed by atoms with van der Waals surface area (Å²) < 4.78 is 36.8. The first-order chi connectivity index (χ1) is 9.63. The minimum atomic E-state index is -2.82. The van der Waals surface area contributed by atoms with Crippen molar-refractivity contribution in [2.45, 2.75) is 26.2 Å². The first kappa shape index (κ1) is 12.8. The van der Waals surface area contributed by atoms with Gasteiger partial charge in [0.05, 0.1) is 29.6 Å². The highest BCUT2D eigenvalue weighted by Crippen LogP contribution is 2.42. The predicted molar refractivity (Wildman–Crippen MR) is 64.6 cm³/mol. The number of furan rings is 1. The van der Waals surface area contributed by atoms with E-state index in [9.17, 15) is 13.6 Å². The molecule has 0 atom stereocenters. The largest absolute Gasteiger partial charge is 0.460 e. The van der Waals surface area contributed by atoms with Gasteiger partial charge in [0.1, 0.15) is 5.76 Å². The maximum absolute atomic E-state index is 13.3. The van der Waals surface area contributed by atoms with Gasteiger partial charge >= 0.3 is 5.97 Å². The van der Waals surface area contributed by atoms with Crippen LogP contribution in [0.4, 0.5) is 8.78 Å². The van der Waals surface area contributed by atoms with Gasteiger partial charge in [0.25, 0.3) is 6.43 Å². The molecule has 106 valence electrons. The Bertz CT molecular complexity index is 661. The molecule has 2 aromatic heterocycles. The summed E-state index contributed by atoms with van der Waals surface area (Å²) >= 11 is 0. The van der Waals surface area contributed by atoms with E-state index in [-0.39, 0.29) is 12.2 Å². The van der Waals surface area contributed by atoms with E-state index < -0.39 is 23.7 Å². The number of aromatic amines is 1. The van der Waals surface area contributed by atoms with Crippen LogP contribution in [-0.2, 0) is 17.6 Å². The number of aromatic nitrogens is 2. The van der Waals surface area contributed by atoms with Crippen LogP contribution in [-0.4, -0.2) is 22.8 Å². The number of carbonyl (C=O) groups excluding carboxylic acids is 1. The number of ether oxygens (including phenoxy) is 1. The number of alkyl halides is 2. The third kappa shape index (κ3) is 1.81. The van der Waals surface area contributed by atoms with Crippen molar-refractivity contribution in [3.8, 4) is 11.3 Å².